The van der Waals surface area contributed by atoms with Crippen molar-refractivity contribution in [1.29, 1.82) is 5.41 Å². The van der Waals surface area contributed by atoms with Crippen LogP contribution < -0.4 is 0 Å². The number of thioether (sulfide) groups is 1. The maximum atomic E-state index is 12.8. The van der Waals surface area contributed by atoms with Gasteiger partial charge in [-0.15, -0.1) is 11.8 Å². The summed E-state index contributed by atoms with van der Waals surface area (Å²) in [7, 11) is 0. The number of rotatable bonds is 10. The maximum Gasteiger partial charge on any atom is 0.155 e. The van der Waals surface area contributed by atoms with E-state index in [0.29, 0.717) is 56.6 Å². The number of allylic oxidation sites excluding steroid dienone is 2. The normalized spacial score (nSPS) is 25.4. The fourth-order valence-electron chi connectivity index (χ4n) is 6.47. The number of aliphatic hydroxyl groups is 1. The van der Waals surface area contributed by atoms with E-state index < -0.39 is 6.10 Å². The lowest BCUT2D eigenvalue weighted by Crippen LogP contribution is -2.37. The minimum atomic E-state index is -0.598. The number of Topliss-reactive ketones (excluding diaryl/α,β-unsaturated/α-hetero) is 1. The van der Waals surface area contributed by atoms with Gasteiger partial charge in [-0.2, -0.15) is 0 Å². The van der Waals surface area contributed by atoms with Gasteiger partial charge in [-0.1, -0.05) is 42.0 Å². The number of hydrogen-bond donors (Lipinski definition) is 2. The fourth-order valence-corrected chi connectivity index (χ4v) is 7.14. The third kappa shape index (κ3) is 6.62. The van der Waals surface area contributed by atoms with Crippen LogP contribution in [0.1, 0.15) is 85.6 Å². The molecule has 2 aliphatic carbocycles. The van der Waals surface area contributed by atoms with Gasteiger partial charge in [-0.3, -0.25) is 9.59 Å². The first-order chi connectivity index (χ1) is 18.9. The number of benzene rings is 2. The zero-order valence-electron chi connectivity index (χ0n) is 22.8. The highest BCUT2D eigenvalue weighted by Crippen LogP contribution is 2.42. The van der Waals surface area contributed by atoms with Crippen LogP contribution in [0.15, 0.2) is 59.0 Å². The minimum absolute atomic E-state index is 0.0966. The Morgan fingerprint density at radius 3 is 2.82 bits per heavy atom. The SMILES string of the molecule is CSc1ccccc1[C@H]1CCCC1=CC(=O)CCCC(=O)CCc1ccc2c(c1)[C@@H]1C[C@@H](C(=N)C2)[C@H](O)CO1. The van der Waals surface area contributed by atoms with Crippen molar-refractivity contribution in [3.63, 3.8) is 0 Å². The molecule has 0 unspecified atom stereocenters. The summed E-state index contributed by atoms with van der Waals surface area (Å²) in [5, 5.41) is 18.6. The van der Waals surface area contributed by atoms with Gasteiger partial charge in [0.2, 0.25) is 0 Å². The molecule has 5 nitrogen and oxygen atoms in total. The van der Waals surface area contributed by atoms with Crippen molar-refractivity contribution in [2.75, 3.05) is 12.9 Å². The molecular weight excluding hydrogens is 506 g/mol. The van der Waals surface area contributed by atoms with Crippen LogP contribution in [0.5, 0.6) is 0 Å². The number of carbonyl (C=O) groups excluding carboxylic acids is 2. The van der Waals surface area contributed by atoms with Gasteiger partial charge in [0.1, 0.15) is 5.78 Å². The average molecular weight is 546 g/mol. The van der Waals surface area contributed by atoms with Gasteiger partial charge in [-0.05, 0) is 79.2 Å². The predicted molar refractivity (Wildman–Crippen MR) is 156 cm³/mol. The van der Waals surface area contributed by atoms with Crippen molar-refractivity contribution < 1.29 is 19.4 Å². The Morgan fingerprint density at radius 1 is 1.13 bits per heavy atom. The molecule has 0 aromatic heterocycles. The average Bonchev–Trinajstić information content (AvgIpc) is 3.36. The number of ketones is 2. The van der Waals surface area contributed by atoms with Gasteiger partial charge in [0.05, 0.1) is 18.8 Å². The van der Waals surface area contributed by atoms with Gasteiger partial charge >= 0.3 is 0 Å². The Hall–Kier alpha value is -2.54. The van der Waals surface area contributed by atoms with Gasteiger partial charge < -0.3 is 15.3 Å². The zero-order chi connectivity index (χ0) is 27.4. The number of fused-ring (bicyclic) bond motifs is 4. The van der Waals surface area contributed by atoms with Gasteiger partial charge in [0.25, 0.3) is 0 Å². The molecule has 0 radical (unpaired) electrons. The van der Waals surface area contributed by atoms with Gasteiger partial charge in [-0.25, -0.2) is 0 Å². The van der Waals surface area contributed by atoms with Crippen LogP contribution in [0.4, 0.5) is 0 Å². The summed E-state index contributed by atoms with van der Waals surface area (Å²) in [6, 6.07) is 14.7. The number of nitrogens with one attached hydrogen (secondary N) is 1. The quantitative estimate of drug-likeness (QED) is 0.261. The lowest BCUT2D eigenvalue weighted by molar-refractivity contribution is -0.119. The van der Waals surface area contributed by atoms with E-state index in [1.165, 1.54) is 16.0 Å². The molecule has 206 valence electrons. The molecule has 1 saturated carbocycles. The molecule has 2 N–H and O–H groups in total. The Morgan fingerprint density at radius 2 is 1.97 bits per heavy atom. The molecule has 4 atom stereocenters. The second-order valence-corrected chi connectivity index (χ2v) is 12.1. The summed E-state index contributed by atoms with van der Waals surface area (Å²) >= 11 is 1.76. The fraction of sp³-hybridized carbons (Fsp3) is 0.485. The van der Waals surface area contributed by atoms with E-state index in [1.54, 1.807) is 11.8 Å². The first-order valence-electron chi connectivity index (χ1n) is 14.3. The molecule has 1 aliphatic heterocycles. The highest BCUT2D eigenvalue weighted by atomic mass is 32.2. The number of aliphatic hydroxyl groups excluding tert-OH is 1. The molecule has 3 aliphatic rings. The zero-order valence-corrected chi connectivity index (χ0v) is 23.6. The van der Waals surface area contributed by atoms with Crippen molar-refractivity contribution in [1.82, 2.24) is 0 Å². The summed E-state index contributed by atoms with van der Waals surface area (Å²) in [6.45, 7) is 0.265. The van der Waals surface area contributed by atoms with E-state index in [-0.39, 0.29) is 30.2 Å². The molecule has 2 bridgehead atoms. The molecule has 1 saturated heterocycles. The molecular formula is C33H39NO4S. The first kappa shape index (κ1) is 28.0. The Bertz CT molecular complexity index is 1270. The van der Waals surface area contributed by atoms with Gasteiger partial charge in [0.15, 0.2) is 5.78 Å². The van der Waals surface area contributed by atoms with E-state index in [2.05, 4.69) is 42.7 Å². The topological polar surface area (TPSA) is 87.5 Å². The van der Waals surface area contributed by atoms with E-state index in [1.807, 2.05) is 12.1 Å². The van der Waals surface area contributed by atoms with Crippen LogP contribution in [-0.2, 0) is 27.2 Å². The van der Waals surface area contributed by atoms with Crippen molar-refractivity contribution in [3.8, 4) is 0 Å². The second kappa shape index (κ2) is 12.8. The molecule has 0 amide bonds. The van der Waals surface area contributed by atoms with Crippen molar-refractivity contribution in [3.05, 3.63) is 76.4 Å². The number of aryl methyl sites for hydroxylation is 1. The minimum Gasteiger partial charge on any atom is -0.390 e. The summed E-state index contributed by atoms with van der Waals surface area (Å²) in [5.74, 6) is 0.529. The Labute approximate surface area is 235 Å². The number of ether oxygens (including phenoxy) is 1. The Balaban J connectivity index is 1.11. The molecule has 1 heterocycles. The van der Waals surface area contributed by atoms with Crippen LogP contribution in [0.3, 0.4) is 0 Å². The van der Waals surface area contributed by atoms with E-state index in [9.17, 15) is 14.7 Å². The van der Waals surface area contributed by atoms with Crippen LogP contribution in [-0.4, -0.2) is 41.4 Å². The second-order valence-electron chi connectivity index (χ2n) is 11.2. The largest absolute Gasteiger partial charge is 0.390 e. The van der Waals surface area contributed by atoms with E-state index >= 15 is 0 Å². The van der Waals surface area contributed by atoms with Crippen molar-refractivity contribution in [2.24, 2.45) is 5.92 Å². The standard InChI is InChI=1S/C33H39NO4S/c1-39-33-11-3-2-9-27(33)26-10-4-6-22(26)17-25(36)8-5-7-24(35)15-13-21-12-14-23-18-30(34)29-19-32(28(23)16-21)38-20-31(29)37/h2-3,9,11-12,14,16-17,26,29,31-32,34,37H,4-8,10,13,15,18-20H2,1H3/t26-,29-,31+,32-/m0/s1. The predicted octanol–water partition coefficient (Wildman–Crippen LogP) is 6.56. The molecule has 2 aromatic rings. The van der Waals surface area contributed by atoms with E-state index in [4.69, 9.17) is 10.1 Å². The summed E-state index contributed by atoms with van der Waals surface area (Å²) in [6.07, 6.45) is 10.2. The van der Waals surface area contributed by atoms with Crippen LogP contribution in [0.2, 0.25) is 0 Å². The highest BCUT2D eigenvalue weighted by molar-refractivity contribution is 7.98. The van der Waals surface area contributed by atoms with Crippen LogP contribution in [0, 0.1) is 11.3 Å². The molecule has 2 fully saturated rings. The van der Waals surface area contributed by atoms with Gasteiger partial charge in [0, 0.05) is 48.1 Å². The van der Waals surface area contributed by atoms with Crippen molar-refractivity contribution in [2.45, 2.75) is 87.2 Å². The lowest BCUT2D eigenvalue weighted by Gasteiger charge is -2.32. The summed E-state index contributed by atoms with van der Waals surface area (Å²) in [5.41, 5.74) is 6.44. The molecule has 6 heteroatoms. The molecule has 0 spiro atoms. The van der Waals surface area contributed by atoms with Crippen molar-refractivity contribution >= 4 is 29.0 Å². The molecule has 5 rings (SSSR count). The maximum absolute atomic E-state index is 12.8. The summed E-state index contributed by atoms with van der Waals surface area (Å²) in [4.78, 5) is 26.7. The van der Waals surface area contributed by atoms with Crippen LogP contribution in [0.25, 0.3) is 0 Å². The monoisotopic (exact) mass is 545 g/mol. The molecule has 2 aromatic carbocycles. The lowest BCUT2D eigenvalue weighted by atomic mass is 9.89. The molecule has 39 heavy (non-hydrogen) atoms. The van der Waals surface area contributed by atoms with Crippen LogP contribution >= 0.6 is 11.8 Å². The highest BCUT2D eigenvalue weighted by Gasteiger charge is 2.37. The first-order valence-corrected chi connectivity index (χ1v) is 15.5. The third-order valence-electron chi connectivity index (χ3n) is 8.62. The Kier molecular flexibility index (Phi) is 9.16. The smallest absolute Gasteiger partial charge is 0.155 e. The number of carbonyl (C=O) groups is 2. The van der Waals surface area contributed by atoms with E-state index in [0.717, 1.165) is 36.0 Å². The number of hydrogen-bond acceptors (Lipinski definition) is 6. The summed E-state index contributed by atoms with van der Waals surface area (Å²) < 4.78 is 5.91. The third-order valence-corrected chi connectivity index (χ3v) is 9.44.